The fraction of sp³-hybridized carbons (Fsp3) is 0.346. The SMILES string of the molecule is COc1cc2c(cc1-c1cn(C(O)(O)O)nc1C)-c1c(c(C(=O)N(C3CCOC3)C(O)(O)O)nn1-c1ccsc1)CO2. The van der Waals surface area contributed by atoms with Gasteiger partial charge in [-0.2, -0.15) is 26.2 Å². The van der Waals surface area contributed by atoms with Crippen molar-refractivity contribution in [1.29, 1.82) is 0 Å². The van der Waals surface area contributed by atoms with Crippen molar-refractivity contribution in [2.45, 2.75) is 38.2 Å². The highest BCUT2D eigenvalue weighted by atomic mass is 32.1. The van der Waals surface area contributed by atoms with Gasteiger partial charge in [0.1, 0.15) is 18.1 Å². The Morgan fingerprint density at radius 1 is 1.14 bits per heavy atom. The molecule has 2 aliphatic heterocycles. The lowest BCUT2D eigenvalue weighted by atomic mass is 9.96. The highest BCUT2D eigenvalue weighted by molar-refractivity contribution is 7.08. The van der Waals surface area contributed by atoms with Crippen molar-refractivity contribution >= 4 is 17.2 Å². The highest BCUT2D eigenvalue weighted by Crippen LogP contribution is 2.47. The first-order valence-electron chi connectivity index (χ1n) is 12.7. The Morgan fingerprint density at radius 2 is 1.93 bits per heavy atom. The van der Waals surface area contributed by atoms with Gasteiger partial charge in [-0.3, -0.25) is 9.69 Å². The van der Waals surface area contributed by atoms with Crippen molar-refractivity contribution in [1.82, 2.24) is 24.5 Å². The number of rotatable bonds is 7. The molecular formula is C26H27N5O10S. The fourth-order valence-corrected chi connectivity index (χ4v) is 5.87. The molecule has 0 spiro atoms. The second-order valence-electron chi connectivity index (χ2n) is 9.87. The molecule has 1 atom stereocenters. The Hall–Kier alpha value is -3.87. The van der Waals surface area contributed by atoms with E-state index < -0.39 is 24.1 Å². The van der Waals surface area contributed by atoms with Gasteiger partial charge in [0, 0.05) is 46.5 Å². The number of amides is 1. The smallest absolute Gasteiger partial charge is 0.389 e. The molecule has 1 aromatic carbocycles. The number of hydrogen-bond acceptors (Lipinski definition) is 13. The highest BCUT2D eigenvalue weighted by Gasteiger charge is 2.44. The summed E-state index contributed by atoms with van der Waals surface area (Å²) in [5.41, 5.74) is 2.94. The van der Waals surface area contributed by atoms with Gasteiger partial charge in [-0.25, -0.2) is 4.68 Å². The lowest BCUT2D eigenvalue weighted by Crippen LogP contribution is -2.57. The molecule has 4 aromatic rings. The molecule has 222 valence electrons. The molecule has 1 fully saturated rings. The Balaban J connectivity index is 1.55. The van der Waals surface area contributed by atoms with E-state index in [1.54, 1.807) is 25.1 Å². The maximum atomic E-state index is 13.8. The van der Waals surface area contributed by atoms with Crippen molar-refractivity contribution in [3.8, 4) is 39.6 Å². The number of benzene rings is 1. The summed E-state index contributed by atoms with van der Waals surface area (Å²) in [7, 11) is 1.45. The van der Waals surface area contributed by atoms with Crippen molar-refractivity contribution in [2.75, 3.05) is 20.3 Å². The number of aryl methyl sites for hydroxylation is 1. The first-order chi connectivity index (χ1) is 19.9. The summed E-state index contributed by atoms with van der Waals surface area (Å²) in [5, 5.41) is 71.6. The third-order valence-electron chi connectivity index (χ3n) is 7.17. The number of ether oxygens (including phenoxy) is 3. The molecule has 15 nitrogen and oxygen atoms in total. The van der Waals surface area contributed by atoms with Crippen molar-refractivity contribution in [2.24, 2.45) is 0 Å². The molecule has 6 N–H and O–H groups in total. The van der Waals surface area contributed by atoms with Gasteiger partial charge < -0.3 is 44.8 Å². The zero-order chi connectivity index (χ0) is 30.0. The first kappa shape index (κ1) is 28.3. The van der Waals surface area contributed by atoms with Crippen LogP contribution in [0.2, 0.25) is 0 Å². The van der Waals surface area contributed by atoms with Crippen LogP contribution >= 0.6 is 11.3 Å². The molecule has 42 heavy (non-hydrogen) atoms. The van der Waals surface area contributed by atoms with Crippen LogP contribution in [0.5, 0.6) is 11.5 Å². The number of carbonyl (C=O) groups excluding carboxylic acids is 1. The van der Waals surface area contributed by atoms with Crippen LogP contribution in [-0.4, -0.2) is 93.5 Å². The molecule has 0 aliphatic carbocycles. The summed E-state index contributed by atoms with van der Waals surface area (Å²) in [6.45, 7) is 1.76. The van der Waals surface area contributed by atoms with Gasteiger partial charge in [0.15, 0.2) is 5.69 Å². The van der Waals surface area contributed by atoms with E-state index in [0.717, 1.165) is 0 Å². The number of thiophene rings is 1. The molecule has 3 aromatic heterocycles. The maximum Gasteiger partial charge on any atom is 0.389 e. The summed E-state index contributed by atoms with van der Waals surface area (Å²) in [6, 6.07) is 4.30. The van der Waals surface area contributed by atoms with Crippen LogP contribution in [-0.2, 0) is 17.4 Å². The van der Waals surface area contributed by atoms with E-state index in [9.17, 15) is 35.4 Å². The van der Waals surface area contributed by atoms with Crippen molar-refractivity contribution in [3.05, 3.63) is 52.1 Å². The molecule has 5 heterocycles. The van der Waals surface area contributed by atoms with Gasteiger partial charge in [0.25, 0.3) is 5.91 Å². The monoisotopic (exact) mass is 601 g/mol. The Kier molecular flexibility index (Phi) is 6.82. The third-order valence-corrected chi connectivity index (χ3v) is 7.85. The third kappa shape index (κ3) is 4.73. The number of carbonyl (C=O) groups is 1. The Morgan fingerprint density at radius 3 is 2.52 bits per heavy atom. The van der Waals surface area contributed by atoms with Gasteiger partial charge in [-0.15, -0.1) is 0 Å². The molecule has 6 rings (SSSR count). The number of fused-ring (bicyclic) bond motifs is 3. The topological polar surface area (TPSA) is 205 Å². The van der Waals surface area contributed by atoms with Crippen LogP contribution in [0.3, 0.4) is 0 Å². The molecule has 1 amide bonds. The molecule has 0 saturated carbocycles. The van der Waals surface area contributed by atoms with E-state index in [4.69, 9.17) is 14.2 Å². The van der Waals surface area contributed by atoms with Crippen LogP contribution in [0, 0.1) is 6.92 Å². The summed E-state index contributed by atoms with van der Waals surface area (Å²) in [6.07, 6.45) is -5.19. The normalized spacial score (nSPS) is 16.6. The predicted octanol–water partition coefficient (Wildman–Crippen LogP) is 0.0377. The summed E-state index contributed by atoms with van der Waals surface area (Å²) in [4.78, 5) is 14.4. The summed E-state index contributed by atoms with van der Waals surface area (Å²) < 4.78 is 19.0. The maximum absolute atomic E-state index is 13.8. The Labute approximate surface area is 241 Å². The quantitative estimate of drug-likeness (QED) is 0.155. The lowest BCUT2D eigenvalue weighted by molar-refractivity contribution is -0.384. The fourth-order valence-electron chi connectivity index (χ4n) is 5.26. The van der Waals surface area contributed by atoms with Crippen LogP contribution in [0.1, 0.15) is 28.2 Å². The van der Waals surface area contributed by atoms with Crippen molar-refractivity contribution in [3.63, 3.8) is 0 Å². The van der Waals surface area contributed by atoms with Crippen LogP contribution in [0.4, 0.5) is 0 Å². The lowest BCUT2D eigenvalue weighted by Gasteiger charge is -2.34. The first-order valence-corrected chi connectivity index (χ1v) is 13.6. The van der Waals surface area contributed by atoms with E-state index in [1.165, 1.54) is 29.3 Å². The zero-order valence-corrected chi connectivity index (χ0v) is 23.1. The minimum atomic E-state index is -3.47. The predicted molar refractivity (Wildman–Crippen MR) is 143 cm³/mol. The van der Waals surface area contributed by atoms with E-state index in [1.807, 2.05) is 10.8 Å². The number of aliphatic hydroxyl groups is 6. The molecular weight excluding hydrogens is 574 g/mol. The van der Waals surface area contributed by atoms with Gasteiger partial charge in [-0.05, 0) is 30.9 Å². The second kappa shape index (κ2) is 10.1. The van der Waals surface area contributed by atoms with Crippen LogP contribution < -0.4 is 9.47 Å². The van der Waals surface area contributed by atoms with E-state index in [0.29, 0.717) is 60.4 Å². The number of methoxy groups -OCH3 is 1. The average molecular weight is 602 g/mol. The van der Waals surface area contributed by atoms with Gasteiger partial charge in [-0.1, -0.05) is 0 Å². The van der Waals surface area contributed by atoms with Gasteiger partial charge in [0.2, 0.25) is 0 Å². The zero-order valence-electron chi connectivity index (χ0n) is 22.3. The minimum Gasteiger partial charge on any atom is -0.496 e. The average Bonchev–Trinajstić information content (AvgIpc) is 3.73. The Bertz CT molecular complexity index is 1640. The molecule has 1 unspecified atom stereocenters. The number of aromatic nitrogens is 4. The van der Waals surface area contributed by atoms with Crippen LogP contribution in [0.15, 0.2) is 35.2 Å². The van der Waals surface area contributed by atoms with E-state index in [-0.39, 0.29) is 31.9 Å². The van der Waals surface area contributed by atoms with Crippen molar-refractivity contribution < 1.29 is 49.6 Å². The standard InChI is InChI=1S/C26H27N5O10S/c1-13-18(9-29(27-13)25(33,34)35)16-7-17-21(8-20(16)39-2)41-11-19-22(28-31(23(17)19)15-4-6-42-12-15)24(32)30(26(36,37)38)14-3-5-40-10-14/h4,6-9,12,14,33-38H,3,5,10-11H2,1-2H3. The molecule has 2 aliphatic rings. The molecule has 0 bridgehead atoms. The minimum absolute atomic E-state index is 0.00503. The van der Waals surface area contributed by atoms with E-state index in [2.05, 4.69) is 10.2 Å². The molecule has 16 heteroatoms. The summed E-state index contributed by atoms with van der Waals surface area (Å²) >= 11 is 1.40. The molecule has 0 radical (unpaired) electrons. The molecule has 1 saturated heterocycles. The van der Waals surface area contributed by atoms with Gasteiger partial charge >= 0.3 is 12.2 Å². The van der Waals surface area contributed by atoms with Crippen LogP contribution in [0.25, 0.3) is 28.1 Å². The summed E-state index contributed by atoms with van der Waals surface area (Å²) in [5.74, 6) is -0.187. The van der Waals surface area contributed by atoms with Gasteiger partial charge in [0.05, 0.1) is 36.8 Å². The number of hydrogen-bond donors (Lipinski definition) is 6. The second-order valence-corrected chi connectivity index (χ2v) is 10.7. The number of nitrogens with zero attached hydrogens (tertiary/aromatic N) is 5. The van der Waals surface area contributed by atoms with E-state index >= 15 is 0 Å². The largest absolute Gasteiger partial charge is 0.496 e.